The Morgan fingerprint density at radius 2 is 1.78 bits per heavy atom. The predicted octanol–water partition coefficient (Wildman–Crippen LogP) is 1.43. The van der Waals surface area contributed by atoms with Crippen LogP contribution < -0.4 is 5.73 Å². The number of hydrogen-bond donors (Lipinski definition) is 1. The molecule has 0 saturated carbocycles. The third-order valence-electron chi connectivity index (χ3n) is 3.64. The summed E-state index contributed by atoms with van der Waals surface area (Å²) < 4.78 is 0. The Balaban J connectivity index is 1.97. The number of carbonyl (C=O) groups is 1. The molecule has 0 aromatic heterocycles. The quantitative estimate of drug-likeness (QED) is 0.804. The SMILES string of the molecule is CN(C)C1CCN(C(=O)c2ccc(N)cc2)CC1. The van der Waals surface area contributed by atoms with Crippen LogP contribution in [0.25, 0.3) is 0 Å². The first-order valence-electron chi connectivity index (χ1n) is 6.39. The molecule has 1 heterocycles. The largest absolute Gasteiger partial charge is 0.399 e. The molecule has 0 aliphatic carbocycles. The van der Waals surface area contributed by atoms with Crippen molar-refractivity contribution in [1.29, 1.82) is 0 Å². The molecule has 0 unspecified atom stereocenters. The molecule has 1 aliphatic rings. The van der Waals surface area contributed by atoms with Gasteiger partial charge in [0.25, 0.3) is 5.91 Å². The van der Waals surface area contributed by atoms with Crippen LogP contribution in [0, 0.1) is 0 Å². The molecule has 1 aromatic rings. The highest BCUT2D eigenvalue weighted by Gasteiger charge is 2.24. The Morgan fingerprint density at radius 1 is 1.22 bits per heavy atom. The van der Waals surface area contributed by atoms with Crippen molar-refractivity contribution in [3.63, 3.8) is 0 Å². The molecule has 1 saturated heterocycles. The fourth-order valence-corrected chi connectivity index (χ4v) is 2.39. The molecule has 0 atom stereocenters. The minimum absolute atomic E-state index is 0.118. The van der Waals surface area contributed by atoms with Crippen molar-refractivity contribution in [2.75, 3.05) is 32.9 Å². The smallest absolute Gasteiger partial charge is 0.253 e. The molecule has 2 rings (SSSR count). The van der Waals surface area contributed by atoms with Crippen LogP contribution in [0.3, 0.4) is 0 Å². The Hall–Kier alpha value is -1.55. The second-order valence-corrected chi connectivity index (χ2v) is 5.11. The van der Waals surface area contributed by atoms with Gasteiger partial charge in [0.1, 0.15) is 0 Å². The summed E-state index contributed by atoms with van der Waals surface area (Å²) >= 11 is 0. The zero-order valence-corrected chi connectivity index (χ0v) is 11.1. The molecular formula is C14H21N3O. The van der Waals surface area contributed by atoms with Gasteiger partial charge in [-0.15, -0.1) is 0 Å². The summed E-state index contributed by atoms with van der Waals surface area (Å²) in [5, 5.41) is 0. The van der Waals surface area contributed by atoms with E-state index in [0.29, 0.717) is 11.7 Å². The lowest BCUT2D eigenvalue weighted by Gasteiger charge is -2.35. The van der Waals surface area contributed by atoms with Gasteiger partial charge in [-0.2, -0.15) is 0 Å². The number of carbonyl (C=O) groups excluding carboxylic acids is 1. The number of piperidine rings is 1. The van der Waals surface area contributed by atoms with E-state index in [0.717, 1.165) is 31.5 Å². The zero-order valence-electron chi connectivity index (χ0n) is 11.1. The van der Waals surface area contributed by atoms with Crippen LogP contribution in [0.15, 0.2) is 24.3 Å². The van der Waals surface area contributed by atoms with Crippen LogP contribution in [0.4, 0.5) is 5.69 Å². The number of nitrogen functional groups attached to an aromatic ring is 1. The van der Waals surface area contributed by atoms with Gasteiger partial charge >= 0.3 is 0 Å². The third kappa shape index (κ3) is 2.82. The molecular weight excluding hydrogens is 226 g/mol. The predicted molar refractivity (Wildman–Crippen MR) is 73.5 cm³/mol. The van der Waals surface area contributed by atoms with E-state index in [-0.39, 0.29) is 5.91 Å². The van der Waals surface area contributed by atoms with Crippen molar-refractivity contribution in [2.45, 2.75) is 18.9 Å². The molecule has 1 aromatic carbocycles. The summed E-state index contributed by atoms with van der Waals surface area (Å²) in [5.41, 5.74) is 7.05. The summed E-state index contributed by atoms with van der Waals surface area (Å²) in [6, 6.07) is 7.76. The van der Waals surface area contributed by atoms with Crippen LogP contribution in [0.1, 0.15) is 23.2 Å². The maximum absolute atomic E-state index is 12.3. The maximum atomic E-state index is 12.3. The zero-order chi connectivity index (χ0) is 13.1. The van der Waals surface area contributed by atoms with E-state index in [4.69, 9.17) is 5.73 Å². The van der Waals surface area contributed by atoms with Crippen LogP contribution >= 0.6 is 0 Å². The average molecular weight is 247 g/mol. The van der Waals surface area contributed by atoms with Gasteiger partial charge < -0.3 is 15.5 Å². The van der Waals surface area contributed by atoms with E-state index < -0.39 is 0 Å². The van der Waals surface area contributed by atoms with Gasteiger partial charge in [-0.25, -0.2) is 0 Å². The number of hydrogen-bond acceptors (Lipinski definition) is 3. The Labute approximate surface area is 108 Å². The second kappa shape index (κ2) is 5.40. The Bertz CT molecular complexity index is 406. The number of nitrogens with zero attached hydrogens (tertiary/aromatic N) is 2. The van der Waals surface area contributed by atoms with Gasteiger partial charge in [0, 0.05) is 30.4 Å². The maximum Gasteiger partial charge on any atom is 0.253 e. The second-order valence-electron chi connectivity index (χ2n) is 5.11. The lowest BCUT2D eigenvalue weighted by molar-refractivity contribution is 0.0663. The van der Waals surface area contributed by atoms with E-state index in [1.54, 1.807) is 24.3 Å². The Kier molecular flexibility index (Phi) is 3.87. The van der Waals surface area contributed by atoms with E-state index >= 15 is 0 Å². The molecule has 0 bridgehead atoms. The number of rotatable bonds is 2. The molecule has 4 heteroatoms. The summed E-state index contributed by atoms with van der Waals surface area (Å²) in [6.45, 7) is 1.68. The first-order chi connectivity index (χ1) is 8.58. The average Bonchev–Trinajstić information content (AvgIpc) is 2.39. The number of nitrogens with two attached hydrogens (primary N) is 1. The van der Waals surface area contributed by atoms with Crippen molar-refractivity contribution in [3.05, 3.63) is 29.8 Å². The van der Waals surface area contributed by atoms with Gasteiger partial charge in [0.05, 0.1) is 0 Å². The number of benzene rings is 1. The first-order valence-corrected chi connectivity index (χ1v) is 6.39. The van der Waals surface area contributed by atoms with Crippen molar-refractivity contribution in [1.82, 2.24) is 9.80 Å². The number of likely N-dealkylation sites (tertiary alicyclic amines) is 1. The third-order valence-corrected chi connectivity index (χ3v) is 3.64. The Morgan fingerprint density at radius 3 is 2.28 bits per heavy atom. The highest BCUT2D eigenvalue weighted by atomic mass is 16.2. The lowest BCUT2D eigenvalue weighted by atomic mass is 10.0. The molecule has 1 fully saturated rings. The van der Waals surface area contributed by atoms with Crippen molar-refractivity contribution < 1.29 is 4.79 Å². The van der Waals surface area contributed by atoms with E-state index in [1.165, 1.54) is 0 Å². The minimum atomic E-state index is 0.118. The van der Waals surface area contributed by atoms with Crippen LogP contribution in [-0.4, -0.2) is 48.9 Å². The highest BCUT2D eigenvalue weighted by Crippen LogP contribution is 2.17. The molecule has 98 valence electrons. The monoisotopic (exact) mass is 247 g/mol. The molecule has 18 heavy (non-hydrogen) atoms. The van der Waals surface area contributed by atoms with Crippen LogP contribution in [0.5, 0.6) is 0 Å². The summed E-state index contributed by atoms with van der Waals surface area (Å²) in [6.07, 6.45) is 2.10. The summed E-state index contributed by atoms with van der Waals surface area (Å²) in [5.74, 6) is 0.118. The molecule has 0 radical (unpaired) electrons. The molecule has 2 N–H and O–H groups in total. The standard InChI is InChI=1S/C14H21N3O/c1-16(2)13-7-9-17(10-8-13)14(18)11-3-5-12(15)6-4-11/h3-6,13H,7-10,15H2,1-2H3. The van der Waals surface area contributed by atoms with Crippen molar-refractivity contribution in [2.24, 2.45) is 0 Å². The first kappa shape index (κ1) is 12.9. The number of anilines is 1. The molecule has 1 aliphatic heterocycles. The van der Waals surface area contributed by atoms with Gasteiger partial charge in [-0.3, -0.25) is 4.79 Å². The topological polar surface area (TPSA) is 49.6 Å². The van der Waals surface area contributed by atoms with Gasteiger partial charge in [0.2, 0.25) is 0 Å². The van der Waals surface area contributed by atoms with Gasteiger partial charge in [0.15, 0.2) is 0 Å². The fraction of sp³-hybridized carbons (Fsp3) is 0.500. The van der Waals surface area contributed by atoms with E-state index in [2.05, 4.69) is 19.0 Å². The van der Waals surface area contributed by atoms with E-state index in [1.807, 2.05) is 4.90 Å². The van der Waals surface area contributed by atoms with Crippen molar-refractivity contribution >= 4 is 11.6 Å². The van der Waals surface area contributed by atoms with Gasteiger partial charge in [-0.05, 0) is 51.2 Å². The molecule has 1 amide bonds. The van der Waals surface area contributed by atoms with Crippen molar-refractivity contribution in [3.8, 4) is 0 Å². The summed E-state index contributed by atoms with van der Waals surface area (Å²) in [4.78, 5) is 16.4. The normalized spacial score (nSPS) is 17.2. The lowest BCUT2D eigenvalue weighted by Crippen LogP contribution is -2.44. The highest BCUT2D eigenvalue weighted by molar-refractivity contribution is 5.94. The minimum Gasteiger partial charge on any atom is -0.399 e. The molecule has 4 nitrogen and oxygen atoms in total. The van der Waals surface area contributed by atoms with E-state index in [9.17, 15) is 4.79 Å². The van der Waals surface area contributed by atoms with Gasteiger partial charge in [-0.1, -0.05) is 0 Å². The fourth-order valence-electron chi connectivity index (χ4n) is 2.39. The molecule has 0 spiro atoms. The van der Waals surface area contributed by atoms with Crippen LogP contribution in [0.2, 0.25) is 0 Å². The number of amides is 1. The summed E-state index contributed by atoms with van der Waals surface area (Å²) in [7, 11) is 4.20. The van der Waals surface area contributed by atoms with Crippen LogP contribution in [-0.2, 0) is 0 Å².